The summed E-state index contributed by atoms with van der Waals surface area (Å²) in [5.74, 6) is 1.11. The van der Waals surface area contributed by atoms with Crippen molar-refractivity contribution in [2.24, 2.45) is 5.73 Å². The van der Waals surface area contributed by atoms with Crippen molar-refractivity contribution in [3.05, 3.63) is 41.9 Å². The second-order valence-electron chi connectivity index (χ2n) is 4.24. The summed E-state index contributed by atoms with van der Waals surface area (Å²) in [6.07, 6.45) is -0.843. The smallest absolute Gasteiger partial charge is 0.159 e. The van der Waals surface area contributed by atoms with Crippen molar-refractivity contribution in [1.82, 2.24) is 9.97 Å². The van der Waals surface area contributed by atoms with Crippen LogP contribution in [0.5, 0.6) is 5.75 Å². The minimum atomic E-state index is -0.843. The Labute approximate surface area is 112 Å². The zero-order valence-corrected chi connectivity index (χ0v) is 11.0. The van der Waals surface area contributed by atoms with Gasteiger partial charge in [-0.05, 0) is 25.1 Å². The summed E-state index contributed by atoms with van der Waals surface area (Å²) in [5, 5.41) is 9.75. The van der Waals surface area contributed by atoms with Crippen LogP contribution >= 0.6 is 0 Å². The standard InChI is InChI=1S/C14H17N3O2/c1-9-6-12(17-14(16-9)13(18)8-15)10-4-3-5-11(7-10)19-2/h3-7,13,18H,8,15H2,1-2H3. The van der Waals surface area contributed by atoms with Crippen molar-refractivity contribution in [3.8, 4) is 17.0 Å². The Bertz CT molecular complexity index is 572. The Balaban J connectivity index is 2.46. The van der Waals surface area contributed by atoms with Gasteiger partial charge < -0.3 is 15.6 Å². The number of aryl methyl sites for hydroxylation is 1. The molecule has 0 saturated carbocycles. The molecular weight excluding hydrogens is 242 g/mol. The van der Waals surface area contributed by atoms with E-state index < -0.39 is 6.10 Å². The molecule has 1 aromatic carbocycles. The largest absolute Gasteiger partial charge is 0.497 e. The quantitative estimate of drug-likeness (QED) is 0.868. The summed E-state index contributed by atoms with van der Waals surface area (Å²) in [6.45, 7) is 1.96. The third-order valence-electron chi connectivity index (χ3n) is 2.76. The van der Waals surface area contributed by atoms with Crippen LogP contribution in [0.4, 0.5) is 0 Å². The number of rotatable bonds is 4. The maximum atomic E-state index is 9.75. The maximum absolute atomic E-state index is 9.75. The highest BCUT2D eigenvalue weighted by atomic mass is 16.5. The molecule has 19 heavy (non-hydrogen) atoms. The van der Waals surface area contributed by atoms with Crippen LogP contribution in [0.3, 0.4) is 0 Å². The van der Waals surface area contributed by atoms with E-state index >= 15 is 0 Å². The molecule has 5 heteroatoms. The van der Waals surface area contributed by atoms with E-state index in [1.165, 1.54) is 0 Å². The lowest BCUT2D eigenvalue weighted by atomic mass is 10.1. The molecule has 1 unspecified atom stereocenters. The SMILES string of the molecule is COc1cccc(-c2cc(C)nc(C(O)CN)n2)c1. The first kappa shape index (κ1) is 13.5. The van der Waals surface area contributed by atoms with Gasteiger partial charge in [-0.25, -0.2) is 9.97 Å². The van der Waals surface area contributed by atoms with Crippen LogP contribution < -0.4 is 10.5 Å². The number of hydrogen-bond donors (Lipinski definition) is 2. The highest BCUT2D eigenvalue weighted by Gasteiger charge is 2.12. The van der Waals surface area contributed by atoms with E-state index in [9.17, 15) is 5.11 Å². The summed E-state index contributed by atoms with van der Waals surface area (Å²) in [6, 6.07) is 9.45. The number of aliphatic hydroxyl groups is 1. The van der Waals surface area contributed by atoms with Gasteiger partial charge in [0.05, 0.1) is 12.8 Å². The van der Waals surface area contributed by atoms with Crippen LogP contribution in [0.15, 0.2) is 30.3 Å². The number of aliphatic hydroxyl groups excluding tert-OH is 1. The lowest BCUT2D eigenvalue weighted by molar-refractivity contribution is 0.176. The molecule has 2 aromatic rings. The van der Waals surface area contributed by atoms with Crippen LogP contribution in [0.2, 0.25) is 0 Å². The number of ether oxygens (including phenoxy) is 1. The third kappa shape index (κ3) is 3.07. The highest BCUT2D eigenvalue weighted by molar-refractivity contribution is 5.61. The van der Waals surface area contributed by atoms with Gasteiger partial charge in [-0.15, -0.1) is 0 Å². The van der Waals surface area contributed by atoms with Gasteiger partial charge in [0.15, 0.2) is 5.82 Å². The molecule has 0 fully saturated rings. The van der Waals surface area contributed by atoms with E-state index in [-0.39, 0.29) is 6.54 Å². The summed E-state index contributed by atoms with van der Waals surface area (Å²) in [5.41, 5.74) is 7.88. The average molecular weight is 259 g/mol. The first-order valence-corrected chi connectivity index (χ1v) is 6.02. The lowest BCUT2D eigenvalue weighted by Gasteiger charge is -2.10. The highest BCUT2D eigenvalue weighted by Crippen LogP contribution is 2.23. The molecule has 0 spiro atoms. The lowest BCUT2D eigenvalue weighted by Crippen LogP contribution is -2.15. The summed E-state index contributed by atoms with van der Waals surface area (Å²) >= 11 is 0. The van der Waals surface area contributed by atoms with E-state index in [4.69, 9.17) is 10.5 Å². The normalized spacial score (nSPS) is 12.2. The average Bonchev–Trinajstić information content (AvgIpc) is 2.45. The second-order valence-corrected chi connectivity index (χ2v) is 4.24. The minimum absolute atomic E-state index is 0.0982. The monoisotopic (exact) mass is 259 g/mol. The summed E-state index contributed by atoms with van der Waals surface area (Å²) < 4.78 is 5.19. The molecule has 0 aliphatic heterocycles. The Kier molecular flexibility index (Phi) is 4.09. The van der Waals surface area contributed by atoms with Gasteiger partial charge in [-0.3, -0.25) is 0 Å². The van der Waals surface area contributed by atoms with E-state index in [2.05, 4.69) is 9.97 Å². The zero-order valence-electron chi connectivity index (χ0n) is 11.0. The number of aromatic nitrogens is 2. The molecule has 0 amide bonds. The Morgan fingerprint density at radius 2 is 2.11 bits per heavy atom. The number of benzene rings is 1. The molecule has 0 saturated heterocycles. The molecular formula is C14H17N3O2. The van der Waals surface area contributed by atoms with Gasteiger partial charge in [0.2, 0.25) is 0 Å². The molecule has 0 aliphatic carbocycles. The van der Waals surface area contributed by atoms with Gasteiger partial charge in [-0.1, -0.05) is 12.1 Å². The molecule has 100 valence electrons. The van der Waals surface area contributed by atoms with Crippen molar-refractivity contribution < 1.29 is 9.84 Å². The minimum Gasteiger partial charge on any atom is -0.497 e. The zero-order chi connectivity index (χ0) is 13.8. The van der Waals surface area contributed by atoms with Gasteiger partial charge in [0, 0.05) is 17.8 Å². The number of hydrogen-bond acceptors (Lipinski definition) is 5. The molecule has 0 radical (unpaired) electrons. The van der Waals surface area contributed by atoms with Crippen molar-refractivity contribution in [3.63, 3.8) is 0 Å². The van der Waals surface area contributed by atoms with Gasteiger partial charge in [0.1, 0.15) is 11.9 Å². The Morgan fingerprint density at radius 1 is 1.32 bits per heavy atom. The molecule has 1 aromatic heterocycles. The van der Waals surface area contributed by atoms with E-state index in [0.717, 1.165) is 22.7 Å². The molecule has 0 bridgehead atoms. The number of nitrogens with two attached hydrogens (primary N) is 1. The van der Waals surface area contributed by atoms with Crippen LogP contribution in [0.25, 0.3) is 11.3 Å². The topological polar surface area (TPSA) is 81.3 Å². The maximum Gasteiger partial charge on any atom is 0.159 e. The van der Waals surface area contributed by atoms with Crippen molar-refractivity contribution in [2.45, 2.75) is 13.0 Å². The molecule has 3 N–H and O–H groups in total. The van der Waals surface area contributed by atoms with Crippen molar-refractivity contribution in [1.29, 1.82) is 0 Å². The molecule has 0 aliphatic rings. The summed E-state index contributed by atoms with van der Waals surface area (Å²) in [7, 11) is 1.62. The van der Waals surface area contributed by atoms with E-state index in [1.54, 1.807) is 7.11 Å². The predicted octanol–water partition coefficient (Wildman–Crippen LogP) is 1.45. The van der Waals surface area contributed by atoms with Gasteiger partial charge >= 0.3 is 0 Å². The van der Waals surface area contributed by atoms with E-state index in [0.29, 0.717) is 5.82 Å². The third-order valence-corrected chi connectivity index (χ3v) is 2.76. The van der Waals surface area contributed by atoms with Crippen LogP contribution in [0.1, 0.15) is 17.6 Å². The number of nitrogens with zero attached hydrogens (tertiary/aromatic N) is 2. The predicted molar refractivity (Wildman–Crippen MR) is 72.8 cm³/mol. The Hall–Kier alpha value is -1.98. The van der Waals surface area contributed by atoms with Gasteiger partial charge in [0.25, 0.3) is 0 Å². The van der Waals surface area contributed by atoms with E-state index in [1.807, 2.05) is 37.3 Å². The fourth-order valence-corrected chi connectivity index (χ4v) is 1.78. The van der Waals surface area contributed by atoms with Gasteiger partial charge in [-0.2, -0.15) is 0 Å². The summed E-state index contributed by atoms with van der Waals surface area (Å²) in [4.78, 5) is 8.55. The molecule has 1 atom stereocenters. The fraction of sp³-hybridized carbons (Fsp3) is 0.286. The first-order chi connectivity index (χ1) is 9.13. The van der Waals surface area contributed by atoms with Crippen LogP contribution in [-0.4, -0.2) is 28.7 Å². The molecule has 2 rings (SSSR count). The van der Waals surface area contributed by atoms with Crippen molar-refractivity contribution >= 4 is 0 Å². The second kappa shape index (κ2) is 5.77. The van der Waals surface area contributed by atoms with Crippen molar-refractivity contribution in [2.75, 3.05) is 13.7 Å². The Morgan fingerprint density at radius 3 is 2.79 bits per heavy atom. The molecule has 1 heterocycles. The van der Waals surface area contributed by atoms with Crippen LogP contribution in [0, 0.1) is 6.92 Å². The fourth-order valence-electron chi connectivity index (χ4n) is 1.78. The first-order valence-electron chi connectivity index (χ1n) is 6.02. The number of methoxy groups -OCH3 is 1. The molecule has 5 nitrogen and oxygen atoms in total. The van der Waals surface area contributed by atoms with Crippen LogP contribution in [-0.2, 0) is 0 Å².